The lowest BCUT2D eigenvalue weighted by Gasteiger charge is -2.40. The van der Waals surface area contributed by atoms with Crippen LogP contribution in [0.5, 0.6) is 0 Å². The average molecular weight is 613 g/mol. The Hall–Kier alpha value is -3.37. The van der Waals surface area contributed by atoms with Crippen molar-refractivity contribution in [2.45, 2.75) is 68.8 Å². The molecule has 0 aliphatic heterocycles. The fourth-order valence-corrected chi connectivity index (χ4v) is 8.08. The van der Waals surface area contributed by atoms with E-state index in [9.17, 15) is 13.7 Å². The Kier molecular flexibility index (Phi) is 7.67. The van der Waals surface area contributed by atoms with E-state index in [-0.39, 0.29) is 28.2 Å². The number of hydrogen-bond donors (Lipinski definition) is 1. The van der Waals surface area contributed by atoms with Gasteiger partial charge in [-0.3, -0.25) is 0 Å². The van der Waals surface area contributed by atoms with Crippen molar-refractivity contribution in [3.05, 3.63) is 65.3 Å². The number of benzene rings is 1. The Bertz CT molecular complexity index is 1770. The molecule has 3 aromatic heterocycles. The van der Waals surface area contributed by atoms with Crippen LogP contribution in [0.15, 0.2) is 53.8 Å². The molecule has 1 fully saturated rings. The van der Waals surface area contributed by atoms with Gasteiger partial charge >= 0.3 is 0 Å². The first kappa shape index (κ1) is 29.1. The molecule has 0 spiro atoms. The standard InChI is InChI=1S/C28H30ClFN6O3SSi/c1-18-7-9-21(10-8-18)40(37,38)36-16-23(22-12-19(29)14-33-27(22)36)25-32-15-24(30)26(35-25)34-20-6-5-11-28(13-20,17-31)39-41(2,3)4/h7-10,12,14-16,20H,5-6,11,13H2,1-4H3,(H,32,34,35)/t20-,28?/m0/s1. The van der Waals surface area contributed by atoms with E-state index in [1.807, 2.05) is 26.6 Å². The molecular formula is C28H30ClFN6O3SSi. The highest BCUT2D eigenvalue weighted by atomic mass is 35.5. The molecule has 1 aliphatic carbocycles. The normalized spacial score (nSPS) is 19.7. The number of aromatic nitrogens is 4. The topological polar surface area (TPSA) is 123 Å². The molecule has 13 heteroatoms. The van der Waals surface area contributed by atoms with E-state index in [4.69, 9.17) is 16.0 Å². The van der Waals surface area contributed by atoms with Crippen LogP contribution in [-0.4, -0.2) is 47.3 Å². The average Bonchev–Trinajstić information content (AvgIpc) is 3.29. The van der Waals surface area contributed by atoms with Crippen LogP contribution >= 0.6 is 11.6 Å². The van der Waals surface area contributed by atoms with Gasteiger partial charge in [0.25, 0.3) is 10.0 Å². The maximum Gasteiger partial charge on any atom is 0.269 e. The highest BCUT2D eigenvalue weighted by molar-refractivity contribution is 7.90. The molecule has 1 unspecified atom stereocenters. The van der Waals surface area contributed by atoms with Crippen molar-refractivity contribution in [2.24, 2.45) is 0 Å². The minimum Gasteiger partial charge on any atom is -0.400 e. The van der Waals surface area contributed by atoms with Crippen LogP contribution in [-0.2, 0) is 14.4 Å². The van der Waals surface area contributed by atoms with E-state index in [2.05, 4.69) is 26.3 Å². The molecule has 1 aromatic carbocycles. The largest absolute Gasteiger partial charge is 0.400 e. The Labute approximate surface area is 244 Å². The second-order valence-electron chi connectivity index (χ2n) is 11.3. The van der Waals surface area contributed by atoms with Crippen molar-refractivity contribution >= 4 is 46.8 Å². The van der Waals surface area contributed by atoms with Crippen molar-refractivity contribution in [2.75, 3.05) is 5.32 Å². The molecule has 0 saturated heterocycles. The van der Waals surface area contributed by atoms with Crippen molar-refractivity contribution in [3.63, 3.8) is 0 Å². The maximum atomic E-state index is 15.0. The van der Waals surface area contributed by atoms with E-state index in [0.29, 0.717) is 35.2 Å². The maximum absolute atomic E-state index is 15.0. The molecule has 1 saturated carbocycles. The summed E-state index contributed by atoms with van der Waals surface area (Å²) in [7, 11) is -6.04. The van der Waals surface area contributed by atoms with Crippen LogP contribution < -0.4 is 5.32 Å². The first-order valence-corrected chi connectivity index (χ1v) is 18.4. The molecule has 0 radical (unpaired) electrons. The number of nitrogens with zero attached hydrogens (tertiary/aromatic N) is 5. The van der Waals surface area contributed by atoms with Crippen LogP contribution in [0.4, 0.5) is 10.2 Å². The third-order valence-corrected chi connectivity index (χ3v) is 9.77. The predicted octanol–water partition coefficient (Wildman–Crippen LogP) is 6.30. The number of anilines is 1. The van der Waals surface area contributed by atoms with Gasteiger partial charge in [-0.25, -0.2) is 31.7 Å². The van der Waals surface area contributed by atoms with Gasteiger partial charge in [-0.05, 0) is 64.0 Å². The highest BCUT2D eigenvalue weighted by Gasteiger charge is 2.41. The van der Waals surface area contributed by atoms with E-state index >= 15 is 4.39 Å². The Morgan fingerprint density at radius 1 is 1.22 bits per heavy atom. The Balaban J connectivity index is 1.53. The number of halogens is 2. The zero-order chi connectivity index (χ0) is 29.6. The summed E-state index contributed by atoms with van der Waals surface area (Å²) in [6.45, 7) is 7.98. The number of aryl methyl sites for hydroxylation is 1. The van der Waals surface area contributed by atoms with Gasteiger partial charge in [-0.15, -0.1) is 0 Å². The zero-order valence-electron chi connectivity index (χ0n) is 23.1. The highest BCUT2D eigenvalue weighted by Crippen LogP contribution is 2.36. The molecule has 41 heavy (non-hydrogen) atoms. The van der Waals surface area contributed by atoms with Gasteiger partial charge in [0.05, 0.1) is 22.2 Å². The molecule has 2 atom stereocenters. The quantitative estimate of drug-likeness (QED) is 0.241. The Morgan fingerprint density at radius 3 is 2.63 bits per heavy atom. The SMILES string of the molecule is Cc1ccc(S(=O)(=O)n2cc(-c3ncc(F)c(N[C@H]4CCCC(C#N)(O[Si](C)(C)C)C4)n3)c3cc(Cl)cnc32)cc1. The van der Waals surface area contributed by atoms with Crippen LogP contribution in [0, 0.1) is 24.1 Å². The van der Waals surface area contributed by atoms with Crippen LogP contribution in [0.3, 0.4) is 0 Å². The molecule has 3 heterocycles. The van der Waals surface area contributed by atoms with Crippen molar-refractivity contribution in [1.29, 1.82) is 5.26 Å². The third-order valence-electron chi connectivity index (χ3n) is 6.90. The third kappa shape index (κ3) is 5.99. The van der Waals surface area contributed by atoms with Gasteiger partial charge in [-0.2, -0.15) is 5.26 Å². The minimum absolute atomic E-state index is 0.0426. The summed E-state index contributed by atoms with van der Waals surface area (Å²) >= 11 is 6.24. The summed E-state index contributed by atoms with van der Waals surface area (Å²) in [6, 6.07) is 10.2. The molecule has 4 aromatic rings. The van der Waals surface area contributed by atoms with Crippen molar-refractivity contribution < 1.29 is 17.2 Å². The molecule has 1 N–H and O–H groups in total. The first-order chi connectivity index (χ1) is 19.3. The summed E-state index contributed by atoms with van der Waals surface area (Å²) in [5, 5.41) is 13.8. The monoisotopic (exact) mass is 612 g/mol. The van der Waals surface area contributed by atoms with Gasteiger partial charge < -0.3 is 9.74 Å². The van der Waals surface area contributed by atoms with Crippen LogP contribution in [0.25, 0.3) is 22.4 Å². The summed E-state index contributed by atoms with van der Waals surface area (Å²) < 4.78 is 49.5. The first-order valence-electron chi connectivity index (χ1n) is 13.2. The fourth-order valence-electron chi connectivity index (χ4n) is 5.19. The van der Waals surface area contributed by atoms with Gasteiger partial charge in [0.15, 0.2) is 31.4 Å². The predicted molar refractivity (Wildman–Crippen MR) is 158 cm³/mol. The fraction of sp³-hybridized carbons (Fsp3) is 0.357. The molecule has 9 nitrogen and oxygen atoms in total. The number of fused-ring (bicyclic) bond motifs is 1. The number of pyridine rings is 1. The molecule has 214 valence electrons. The Morgan fingerprint density at radius 2 is 1.95 bits per heavy atom. The summed E-state index contributed by atoms with van der Waals surface area (Å²) in [4.78, 5) is 13.0. The minimum atomic E-state index is -4.03. The van der Waals surface area contributed by atoms with Crippen molar-refractivity contribution in [3.8, 4) is 17.5 Å². The summed E-state index contributed by atoms with van der Waals surface area (Å²) in [5.74, 6) is -0.610. The summed E-state index contributed by atoms with van der Waals surface area (Å²) in [6.07, 6.45) is 6.24. The lowest BCUT2D eigenvalue weighted by atomic mass is 9.83. The summed E-state index contributed by atoms with van der Waals surface area (Å²) in [5.41, 5.74) is 0.448. The molecule has 5 rings (SSSR count). The second-order valence-corrected chi connectivity index (χ2v) is 18.0. The van der Waals surface area contributed by atoms with Crippen molar-refractivity contribution in [1.82, 2.24) is 18.9 Å². The van der Waals surface area contributed by atoms with Crippen LogP contribution in [0.2, 0.25) is 24.7 Å². The number of hydrogen-bond acceptors (Lipinski definition) is 8. The number of rotatable bonds is 7. The van der Waals surface area contributed by atoms with Gasteiger partial charge in [0.1, 0.15) is 5.60 Å². The van der Waals surface area contributed by atoms with E-state index < -0.39 is 29.8 Å². The molecule has 0 bridgehead atoms. The smallest absolute Gasteiger partial charge is 0.269 e. The zero-order valence-corrected chi connectivity index (χ0v) is 25.7. The van der Waals surface area contributed by atoms with Gasteiger partial charge in [0, 0.05) is 35.8 Å². The van der Waals surface area contributed by atoms with Crippen LogP contribution in [0.1, 0.15) is 31.2 Å². The molecular weight excluding hydrogens is 583 g/mol. The lowest BCUT2D eigenvalue weighted by Crippen LogP contribution is -2.47. The lowest BCUT2D eigenvalue weighted by molar-refractivity contribution is 0.0722. The molecule has 0 amide bonds. The van der Waals surface area contributed by atoms with E-state index in [1.165, 1.54) is 24.5 Å². The number of nitrogens with one attached hydrogen (secondary N) is 1. The van der Waals surface area contributed by atoms with Gasteiger partial charge in [-0.1, -0.05) is 29.3 Å². The van der Waals surface area contributed by atoms with Gasteiger partial charge in [0.2, 0.25) is 0 Å². The number of nitriles is 1. The molecule has 1 aliphatic rings. The second kappa shape index (κ2) is 10.8. The van der Waals surface area contributed by atoms with E-state index in [1.54, 1.807) is 18.2 Å². The van der Waals surface area contributed by atoms with E-state index in [0.717, 1.165) is 22.2 Å².